The van der Waals surface area contributed by atoms with Gasteiger partial charge in [-0.3, -0.25) is 14.4 Å². The normalized spacial score (nSPS) is 10.2. The van der Waals surface area contributed by atoms with E-state index in [9.17, 15) is 14.4 Å². The Labute approximate surface area is 133 Å². The zero-order valence-electron chi connectivity index (χ0n) is 13.3. The summed E-state index contributed by atoms with van der Waals surface area (Å²) >= 11 is 0. The standard InChI is InChI=1S/C17H19N3O3/c1-10-7-11(2)19-17(23)15(10)9-18-16(22)13-5-4-6-14(8-13)20-12(3)21/h4-8H,9H2,1-3H3,(H,18,22)(H,19,23)(H,20,21). The number of carbonyl (C=O) groups is 2. The highest BCUT2D eigenvalue weighted by molar-refractivity contribution is 5.96. The fourth-order valence-electron chi connectivity index (χ4n) is 2.31. The van der Waals surface area contributed by atoms with Gasteiger partial charge < -0.3 is 15.6 Å². The summed E-state index contributed by atoms with van der Waals surface area (Å²) < 4.78 is 0. The lowest BCUT2D eigenvalue weighted by Crippen LogP contribution is -2.28. The van der Waals surface area contributed by atoms with Crippen molar-refractivity contribution in [1.82, 2.24) is 10.3 Å². The van der Waals surface area contributed by atoms with E-state index in [4.69, 9.17) is 0 Å². The molecule has 1 aromatic carbocycles. The number of rotatable bonds is 4. The number of benzene rings is 1. The van der Waals surface area contributed by atoms with Gasteiger partial charge >= 0.3 is 0 Å². The van der Waals surface area contributed by atoms with Crippen molar-refractivity contribution in [2.75, 3.05) is 5.32 Å². The van der Waals surface area contributed by atoms with E-state index in [2.05, 4.69) is 15.6 Å². The van der Waals surface area contributed by atoms with Gasteiger partial charge in [-0.05, 0) is 43.7 Å². The molecule has 3 N–H and O–H groups in total. The topological polar surface area (TPSA) is 91.1 Å². The molecule has 0 fully saturated rings. The third-order valence-electron chi connectivity index (χ3n) is 3.36. The van der Waals surface area contributed by atoms with E-state index < -0.39 is 0 Å². The maximum absolute atomic E-state index is 12.2. The highest BCUT2D eigenvalue weighted by atomic mass is 16.2. The molecule has 0 bridgehead atoms. The van der Waals surface area contributed by atoms with E-state index in [1.54, 1.807) is 24.3 Å². The molecule has 0 radical (unpaired) electrons. The first kappa shape index (κ1) is 16.5. The number of carbonyl (C=O) groups excluding carboxylic acids is 2. The van der Waals surface area contributed by atoms with E-state index >= 15 is 0 Å². The van der Waals surface area contributed by atoms with Crippen molar-refractivity contribution in [3.63, 3.8) is 0 Å². The van der Waals surface area contributed by atoms with Gasteiger partial charge in [-0.25, -0.2) is 0 Å². The average Bonchev–Trinajstić information content (AvgIpc) is 2.45. The molecular formula is C17H19N3O3. The molecule has 0 aliphatic heterocycles. The van der Waals surface area contributed by atoms with Gasteiger partial charge in [-0.1, -0.05) is 6.07 Å². The van der Waals surface area contributed by atoms with Crippen molar-refractivity contribution in [3.05, 3.63) is 63.1 Å². The lowest BCUT2D eigenvalue weighted by atomic mass is 10.1. The Morgan fingerprint density at radius 1 is 1.17 bits per heavy atom. The number of amides is 2. The highest BCUT2D eigenvalue weighted by Gasteiger charge is 2.10. The summed E-state index contributed by atoms with van der Waals surface area (Å²) in [4.78, 5) is 37.9. The number of nitrogens with one attached hydrogen (secondary N) is 3. The van der Waals surface area contributed by atoms with E-state index in [0.29, 0.717) is 16.8 Å². The molecule has 0 atom stereocenters. The number of anilines is 1. The molecule has 0 spiro atoms. The molecule has 1 heterocycles. The fraction of sp³-hybridized carbons (Fsp3) is 0.235. The second kappa shape index (κ2) is 6.91. The van der Waals surface area contributed by atoms with Crippen LogP contribution in [0.15, 0.2) is 35.1 Å². The molecule has 23 heavy (non-hydrogen) atoms. The van der Waals surface area contributed by atoms with Crippen LogP contribution in [0.3, 0.4) is 0 Å². The van der Waals surface area contributed by atoms with Crippen LogP contribution in [0.1, 0.15) is 34.1 Å². The van der Waals surface area contributed by atoms with E-state index in [1.807, 2.05) is 19.9 Å². The van der Waals surface area contributed by atoms with Crippen molar-refractivity contribution in [1.29, 1.82) is 0 Å². The molecule has 0 aliphatic rings. The highest BCUT2D eigenvalue weighted by Crippen LogP contribution is 2.11. The van der Waals surface area contributed by atoms with Gasteiger partial charge in [0.25, 0.3) is 11.5 Å². The van der Waals surface area contributed by atoms with E-state index in [-0.39, 0.29) is 23.9 Å². The molecule has 0 saturated carbocycles. The number of hydrogen-bond donors (Lipinski definition) is 3. The lowest BCUT2D eigenvalue weighted by molar-refractivity contribution is -0.114. The summed E-state index contributed by atoms with van der Waals surface area (Å²) in [5.41, 5.74) is 2.91. The van der Waals surface area contributed by atoms with Crippen LogP contribution < -0.4 is 16.2 Å². The van der Waals surface area contributed by atoms with Gasteiger partial charge in [-0.2, -0.15) is 0 Å². The zero-order valence-corrected chi connectivity index (χ0v) is 13.3. The molecule has 120 valence electrons. The largest absolute Gasteiger partial charge is 0.348 e. The molecule has 2 rings (SSSR count). The molecule has 2 amide bonds. The number of H-pyrrole nitrogens is 1. The minimum absolute atomic E-state index is 0.143. The Morgan fingerprint density at radius 2 is 1.91 bits per heavy atom. The Kier molecular flexibility index (Phi) is 4.95. The van der Waals surface area contributed by atoms with Crippen LogP contribution in [0.4, 0.5) is 5.69 Å². The third kappa shape index (κ3) is 4.29. The van der Waals surface area contributed by atoms with E-state index in [0.717, 1.165) is 11.3 Å². The van der Waals surface area contributed by atoms with Crippen LogP contribution in [0.5, 0.6) is 0 Å². The molecule has 6 heteroatoms. The van der Waals surface area contributed by atoms with Crippen molar-refractivity contribution >= 4 is 17.5 Å². The third-order valence-corrected chi connectivity index (χ3v) is 3.36. The molecule has 0 aliphatic carbocycles. The van der Waals surface area contributed by atoms with E-state index in [1.165, 1.54) is 6.92 Å². The summed E-state index contributed by atoms with van der Waals surface area (Å²) in [6, 6.07) is 8.48. The van der Waals surface area contributed by atoms with Crippen molar-refractivity contribution in [3.8, 4) is 0 Å². The summed E-state index contributed by atoms with van der Waals surface area (Å²) in [5.74, 6) is -0.513. The SMILES string of the molecule is CC(=O)Nc1cccc(C(=O)NCc2c(C)cc(C)[nH]c2=O)c1. The Morgan fingerprint density at radius 3 is 2.57 bits per heavy atom. The van der Waals surface area contributed by atoms with Gasteiger partial charge in [0, 0.05) is 36.0 Å². The van der Waals surface area contributed by atoms with Crippen molar-refractivity contribution in [2.45, 2.75) is 27.3 Å². The average molecular weight is 313 g/mol. The molecule has 1 aromatic heterocycles. The Hall–Kier alpha value is -2.89. The van der Waals surface area contributed by atoms with Gasteiger partial charge in [0.2, 0.25) is 5.91 Å². The maximum Gasteiger partial charge on any atom is 0.253 e. The fourth-order valence-corrected chi connectivity index (χ4v) is 2.31. The van der Waals surface area contributed by atoms with Crippen LogP contribution in [-0.2, 0) is 11.3 Å². The first-order valence-electron chi connectivity index (χ1n) is 7.22. The maximum atomic E-state index is 12.2. The zero-order chi connectivity index (χ0) is 17.0. The molecular weight excluding hydrogens is 294 g/mol. The number of aromatic nitrogens is 1. The monoisotopic (exact) mass is 313 g/mol. The summed E-state index contributed by atoms with van der Waals surface area (Å²) in [7, 11) is 0. The smallest absolute Gasteiger partial charge is 0.253 e. The molecule has 0 saturated heterocycles. The van der Waals surface area contributed by atoms with Crippen LogP contribution in [-0.4, -0.2) is 16.8 Å². The first-order valence-corrected chi connectivity index (χ1v) is 7.22. The number of hydrogen-bond acceptors (Lipinski definition) is 3. The summed E-state index contributed by atoms with van der Waals surface area (Å²) in [5, 5.41) is 5.35. The van der Waals surface area contributed by atoms with Crippen LogP contribution in [0, 0.1) is 13.8 Å². The van der Waals surface area contributed by atoms with Gasteiger partial charge in [0.05, 0.1) is 0 Å². The Balaban J connectivity index is 2.11. The Bertz CT molecular complexity index is 809. The number of pyridine rings is 1. The van der Waals surface area contributed by atoms with Crippen molar-refractivity contribution in [2.24, 2.45) is 0 Å². The first-order chi connectivity index (χ1) is 10.9. The molecule has 2 aromatic rings. The summed E-state index contributed by atoms with van der Waals surface area (Å²) in [6.07, 6.45) is 0. The van der Waals surface area contributed by atoms with Crippen molar-refractivity contribution < 1.29 is 9.59 Å². The van der Waals surface area contributed by atoms with Gasteiger partial charge in [-0.15, -0.1) is 0 Å². The second-order valence-electron chi connectivity index (χ2n) is 5.39. The van der Waals surface area contributed by atoms with Crippen LogP contribution in [0.2, 0.25) is 0 Å². The molecule has 0 unspecified atom stereocenters. The number of aromatic amines is 1. The minimum Gasteiger partial charge on any atom is -0.348 e. The van der Waals surface area contributed by atoms with Crippen LogP contribution in [0.25, 0.3) is 0 Å². The molecule has 6 nitrogen and oxygen atoms in total. The minimum atomic E-state index is -0.309. The van der Waals surface area contributed by atoms with Crippen LogP contribution >= 0.6 is 0 Å². The van der Waals surface area contributed by atoms with Gasteiger partial charge in [0.15, 0.2) is 0 Å². The predicted molar refractivity (Wildman–Crippen MR) is 88.5 cm³/mol. The summed E-state index contributed by atoms with van der Waals surface area (Å²) in [6.45, 7) is 5.19. The lowest BCUT2D eigenvalue weighted by Gasteiger charge is -2.09. The number of aryl methyl sites for hydroxylation is 2. The van der Waals surface area contributed by atoms with Gasteiger partial charge in [0.1, 0.15) is 0 Å². The predicted octanol–water partition coefficient (Wildman–Crippen LogP) is 1.88. The quantitative estimate of drug-likeness (QED) is 0.805. The second-order valence-corrected chi connectivity index (χ2v) is 5.39.